The molecule has 0 spiro atoms. The number of halogens is 1. The maximum Gasteiger partial charge on any atom is 0.407 e. The number of benzene rings is 2. The van der Waals surface area contributed by atoms with Crippen molar-refractivity contribution in [1.82, 2.24) is 15.2 Å². The molecule has 8 nitrogen and oxygen atoms in total. The van der Waals surface area contributed by atoms with E-state index in [4.69, 9.17) is 16.3 Å². The lowest BCUT2D eigenvalue weighted by atomic mass is 9.98. The number of carbonyl (C=O) groups is 3. The third-order valence-electron chi connectivity index (χ3n) is 5.87. The smallest absolute Gasteiger partial charge is 0.407 e. The van der Waals surface area contributed by atoms with Crippen LogP contribution in [0, 0.1) is 0 Å². The molecule has 2 N–H and O–H groups in total. The summed E-state index contributed by atoms with van der Waals surface area (Å²) in [6, 6.07) is 16.2. The number of rotatable bonds is 8. The van der Waals surface area contributed by atoms with E-state index in [1.807, 2.05) is 48.5 Å². The van der Waals surface area contributed by atoms with Crippen molar-refractivity contribution in [3.63, 3.8) is 0 Å². The zero-order valence-corrected chi connectivity index (χ0v) is 19.7. The molecule has 0 radical (unpaired) electrons. The summed E-state index contributed by atoms with van der Waals surface area (Å²) in [6.07, 6.45) is 1.59. The summed E-state index contributed by atoms with van der Waals surface area (Å²) >= 11 is 5.94. The molecule has 1 atom stereocenters. The first-order chi connectivity index (χ1) is 16.8. The molecule has 3 aromatic rings. The quantitative estimate of drug-likeness (QED) is 0.489. The molecule has 0 fully saturated rings. The number of hydrogen-bond donors (Lipinski definition) is 2. The average molecular weight is 494 g/mol. The summed E-state index contributed by atoms with van der Waals surface area (Å²) in [5, 5.41) is 12.1. The largest absolute Gasteiger partial charge is 0.481 e. The molecule has 9 heteroatoms. The van der Waals surface area contributed by atoms with Crippen LogP contribution in [-0.4, -0.2) is 52.7 Å². The molecule has 1 aliphatic carbocycles. The number of pyridine rings is 1. The minimum Gasteiger partial charge on any atom is -0.481 e. The van der Waals surface area contributed by atoms with Crippen LogP contribution in [0.1, 0.15) is 29.0 Å². The van der Waals surface area contributed by atoms with Gasteiger partial charge in [0.1, 0.15) is 12.6 Å². The zero-order chi connectivity index (χ0) is 24.9. The number of aliphatic carboxylic acids is 1. The molecule has 2 aromatic carbocycles. The van der Waals surface area contributed by atoms with Crippen LogP contribution in [0.4, 0.5) is 4.79 Å². The van der Waals surface area contributed by atoms with Crippen LogP contribution in [0.25, 0.3) is 11.1 Å². The normalized spacial score (nSPS) is 12.9. The van der Waals surface area contributed by atoms with Crippen LogP contribution in [0.5, 0.6) is 0 Å². The molecule has 0 aliphatic heterocycles. The minimum absolute atomic E-state index is 0.0534. The van der Waals surface area contributed by atoms with Crippen molar-refractivity contribution in [3.05, 3.63) is 88.7 Å². The Morgan fingerprint density at radius 1 is 1.09 bits per heavy atom. The molecule has 1 aliphatic rings. The van der Waals surface area contributed by atoms with Crippen molar-refractivity contribution in [2.45, 2.75) is 24.9 Å². The number of nitrogens with zero attached hydrogens (tertiary/aromatic N) is 2. The van der Waals surface area contributed by atoms with Crippen LogP contribution < -0.4 is 5.32 Å². The Balaban J connectivity index is 1.42. The van der Waals surface area contributed by atoms with E-state index >= 15 is 0 Å². The average Bonchev–Trinajstić information content (AvgIpc) is 3.15. The predicted octanol–water partition coefficient (Wildman–Crippen LogP) is 4.08. The Hall–Kier alpha value is -3.91. The highest BCUT2D eigenvalue weighted by molar-refractivity contribution is 6.30. The number of hydrogen-bond acceptors (Lipinski definition) is 5. The van der Waals surface area contributed by atoms with Crippen molar-refractivity contribution >= 4 is 29.6 Å². The second-order valence-electron chi connectivity index (χ2n) is 8.33. The van der Waals surface area contributed by atoms with Gasteiger partial charge in [-0.25, -0.2) is 4.79 Å². The lowest BCUT2D eigenvalue weighted by molar-refractivity contribution is -0.142. The number of carboxylic acids is 1. The van der Waals surface area contributed by atoms with Gasteiger partial charge in [-0.15, -0.1) is 0 Å². The number of carboxylic acid groups (broad SMARTS) is 1. The van der Waals surface area contributed by atoms with E-state index in [9.17, 15) is 19.5 Å². The Labute approximate surface area is 207 Å². The highest BCUT2D eigenvalue weighted by atomic mass is 35.5. The van der Waals surface area contributed by atoms with E-state index in [2.05, 4.69) is 10.3 Å². The summed E-state index contributed by atoms with van der Waals surface area (Å²) in [5.74, 6) is -1.94. The highest BCUT2D eigenvalue weighted by Crippen LogP contribution is 2.44. The third kappa shape index (κ3) is 5.60. The summed E-state index contributed by atoms with van der Waals surface area (Å²) < 4.78 is 5.47. The zero-order valence-electron chi connectivity index (χ0n) is 19.0. The van der Waals surface area contributed by atoms with Crippen LogP contribution in [-0.2, 0) is 20.9 Å². The predicted molar refractivity (Wildman–Crippen MR) is 130 cm³/mol. The summed E-state index contributed by atoms with van der Waals surface area (Å²) in [4.78, 5) is 42.2. The topological polar surface area (TPSA) is 109 Å². The monoisotopic (exact) mass is 493 g/mol. The van der Waals surface area contributed by atoms with Gasteiger partial charge in [0.2, 0.25) is 5.91 Å². The van der Waals surface area contributed by atoms with E-state index < -0.39 is 30.4 Å². The molecular weight excluding hydrogens is 470 g/mol. The number of nitrogens with one attached hydrogen (secondary N) is 1. The fraction of sp³-hybridized carbons (Fsp3) is 0.231. The number of fused-ring (bicyclic) bond motifs is 3. The van der Waals surface area contributed by atoms with Gasteiger partial charge in [0.15, 0.2) is 0 Å². The molecule has 2 amide bonds. The number of ether oxygens (including phenoxy) is 1. The van der Waals surface area contributed by atoms with Gasteiger partial charge in [-0.3, -0.25) is 14.6 Å². The minimum atomic E-state index is -1.29. The van der Waals surface area contributed by atoms with Gasteiger partial charge in [0.05, 0.1) is 11.4 Å². The number of alkyl carbamates (subject to hydrolysis) is 1. The van der Waals surface area contributed by atoms with E-state index in [-0.39, 0.29) is 19.1 Å². The van der Waals surface area contributed by atoms with Crippen LogP contribution in [0.2, 0.25) is 5.02 Å². The van der Waals surface area contributed by atoms with Gasteiger partial charge in [-0.05, 0) is 33.9 Å². The van der Waals surface area contributed by atoms with Gasteiger partial charge in [0.25, 0.3) is 0 Å². The van der Waals surface area contributed by atoms with Crippen LogP contribution in [0.15, 0.2) is 67.0 Å². The lowest BCUT2D eigenvalue weighted by Gasteiger charge is -2.24. The summed E-state index contributed by atoms with van der Waals surface area (Å²) in [7, 11) is 1.51. The van der Waals surface area contributed by atoms with Crippen LogP contribution >= 0.6 is 11.6 Å². The summed E-state index contributed by atoms with van der Waals surface area (Å²) in [6.45, 7) is 0.201. The lowest BCUT2D eigenvalue weighted by Crippen LogP contribution is -2.48. The van der Waals surface area contributed by atoms with Gasteiger partial charge in [-0.1, -0.05) is 60.1 Å². The first-order valence-electron chi connectivity index (χ1n) is 11.0. The van der Waals surface area contributed by atoms with Gasteiger partial charge in [-0.2, -0.15) is 0 Å². The molecular formula is C26H24ClN3O5. The van der Waals surface area contributed by atoms with Crippen molar-refractivity contribution in [2.75, 3.05) is 13.7 Å². The van der Waals surface area contributed by atoms with Gasteiger partial charge < -0.3 is 20.1 Å². The Kier molecular flexibility index (Phi) is 7.31. The van der Waals surface area contributed by atoms with E-state index in [1.165, 1.54) is 18.1 Å². The second kappa shape index (κ2) is 10.6. The van der Waals surface area contributed by atoms with Crippen molar-refractivity contribution in [3.8, 4) is 11.1 Å². The molecule has 35 heavy (non-hydrogen) atoms. The molecule has 0 bridgehead atoms. The number of carbonyl (C=O) groups excluding carboxylic acids is 2. The van der Waals surface area contributed by atoms with Crippen molar-refractivity contribution in [2.24, 2.45) is 0 Å². The van der Waals surface area contributed by atoms with Crippen molar-refractivity contribution < 1.29 is 24.2 Å². The number of amides is 2. The van der Waals surface area contributed by atoms with E-state index in [0.29, 0.717) is 10.6 Å². The molecule has 4 rings (SSSR count). The first-order valence-corrected chi connectivity index (χ1v) is 11.4. The maximum absolute atomic E-state index is 12.9. The van der Waals surface area contributed by atoms with E-state index in [0.717, 1.165) is 22.3 Å². The van der Waals surface area contributed by atoms with Gasteiger partial charge in [0, 0.05) is 31.9 Å². The first kappa shape index (κ1) is 24.2. The Bertz CT molecular complexity index is 1220. The molecule has 1 aromatic heterocycles. The highest BCUT2D eigenvalue weighted by Gasteiger charge is 2.31. The second-order valence-corrected chi connectivity index (χ2v) is 8.76. The Morgan fingerprint density at radius 3 is 2.31 bits per heavy atom. The molecule has 0 saturated carbocycles. The van der Waals surface area contributed by atoms with E-state index in [1.54, 1.807) is 12.3 Å². The molecule has 1 unspecified atom stereocenters. The van der Waals surface area contributed by atoms with Crippen LogP contribution in [0.3, 0.4) is 0 Å². The van der Waals surface area contributed by atoms with Crippen molar-refractivity contribution in [1.29, 1.82) is 0 Å². The third-order valence-corrected chi connectivity index (χ3v) is 6.08. The molecule has 1 heterocycles. The number of aromatic nitrogens is 1. The standard InChI is InChI=1S/C26H24ClN3O5/c1-30(14-16-10-17(27)13-28-12-16)25(33)23(11-24(31)32)29-26(34)35-15-22-20-8-4-2-6-18(20)19-7-3-5-9-21(19)22/h2-10,12-13,22-23H,11,14-15H2,1H3,(H,29,34)(H,31,32). The van der Waals surface area contributed by atoms with Gasteiger partial charge >= 0.3 is 12.1 Å². The molecule has 180 valence electrons. The fourth-order valence-corrected chi connectivity index (χ4v) is 4.51. The molecule has 0 saturated heterocycles. The summed E-state index contributed by atoms with van der Waals surface area (Å²) in [5.41, 5.74) is 4.95. The Morgan fingerprint density at radius 2 is 1.71 bits per heavy atom. The fourth-order valence-electron chi connectivity index (χ4n) is 4.32. The maximum atomic E-state index is 12.9. The number of likely N-dealkylation sites (N-methyl/N-ethyl adjacent to an activating group) is 1. The SMILES string of the molecule is CN(Cc1cncc(Cl)c1)C(=O)C(CC(=O)O)NC(=O)OCC1c2ccccc2-c2ccccc21.